The Labute approximate surface area is 135 Å². The largest absolute Gasteiger partial charge is 0.478 e. The SMILES string of the molecule is O=C(O)c1ccc2[nH]c3c4[n+](ccc3c2c1)-c1ccccc1C4=O. The quantitative estimate of drug-likeness (QED) is 0.467. The number of rotatable bonds is 1. The van der Waals surface area contributed by atoms with E-state index in [4.69, 9.17) is 0 Å². The minimum Gasteiger partial charge on any atom is -0.478 e. The summed E-state index contributed by atoms with van der Waals surface area (Å²) >= 11 is 0. The number of aromatic carboxylic acids is 1. The van der Waals surface area contributed by atoms with Crippen LogP contribution in [0.3, 0.4) is 0 Å². The molecule has 2 aromatic carbocycles. The monoisotopic (exact) mass is 315 g/mol. The Balaban J connectivity index is 1.89. The molecule has 5 rings (SSSR count). The predicted octanol–water partition coefficient (Wildman–Crippen LogP) is 2.84. The fourth-order valence-electron chi connectivity index (χ4n) is 3.48. The summed E-state index contributed by atoms with van der Waals surface area (Å²) in [5.74, 6) is -0.994. The van der Waals surface area contributed by atoms with E-state index in [1.165, 1.54) is 0 Å². The van der Waals surface area contributed by atoms with Gasteiger partial charge in [-0.15, -0.1) is 0 Å². The number of hydrogen-bond acceptors (Lipinski definition) is 2. The van der Waals surface area contributed by atoms with Crippen molar-refractivity contribution >= 4 is 33.6 Å². The topological polar surface area (TPSA) is 74.0 Å². The molecule has 0 amide bonds. The number of para-hydroxylation sites is 1. The molecule has 3 heterocycles. The maximum Gasteiger partial charge on any atom is 0.335 e. The molecule has 0 unspecified atom stereocenters. The van der Waals surface area contributed by atoms with Gasteiger partial charge < -0.3 is 10.1 Å². The molecule has 5 nitrogen and oxygen atoms in total. The second kappa shape index (κ2) is 4.29. The lowest BCUT2D eigenvalue weighted by Crippen LogP contribution is -2.31. The van der Waals surface area contributed by atoms with Gasteiger partial charge in [-0.1, -0.05) is 12.1 Å². The molecular formula is C19H11N2O3+. The van der Waals surface area contributed by atoms with Gasteiger partial charge in [0.15, 0.2) is 6.20 Å². The van der Waals surface area contributed by atoms with Gasteiger partial charge in [-0.05, 0) is 24.3 Å². The lowest BCUT2D eigenvalue weighted by Gasteiger charge is -1.95. The number of carbonyl (C=O) groups excluding carboxylic acids is 1. The van der Waals surface area contributed by atoms with E-state index in [-0.39, 0.29) is 11.3 Å². The van der Waals surface area contributed by atoms with Crippen LogP contribution in [-0.2, 0) is 0 Å². The van der Waals surface area contributed by atoms with Crippen LogP contribution in [0.1, 0.15) is 26.4 Å². The number of hydrogen-bond donors (Lipinski definition) is 2. The van der Waals surface area contributed by atoms with Gasteiger partial charge in [0.25, 0.3) is 11.5 Å². The Morgan fingerprint density at radius 2 is 1.88 bits per heavy atom. The zero-order valence-corrected chi connectivity index (χ0v) is 12.4. The highest BCUT2D eigenvalue weighted by Gasteiger charge is 2.37. The fourth-order valence-corrected chi connectivity index (χ4v) is 3.48. The van der Waals surface area contributed by atoms with Gasteiger partial charge in [-0.25, -0.2) is 4.79 Å². The van der Waals surface area contributed by atoms with Crippen LogP contribution >= 0.6 is 0 Å². The van der Waals surface area contributed by atoms with Crippen molar-refractivity contribution in [2.24, 2.45) is 0 Å². The maximum absolute atomic E-state index is 12.8. The summed E-state index contributed by atoms with van der Waals surface area (Å²) in [5.41, 5.74) is 3.90. The third kappa shape index (κ3) is 1.50. The third-order valence-corrected chi connectivity index (χ3v) is 4.58. The molecule has 24 heavy (non-hydrogen) atoms. The van der Waals surface area contributed by atoms with E-state index < -0.39 is 5.97 Å². The smallest absolute Gasteiger partial charge is 0.335 e. The minimum atomic E-state index is -0.967. The number of carboxylic acid groups (broad SMARTS) is 1. The van der Waals surface area contributed by atoms with Crippen molar-refractivity contribution in [3.05, 3.63) is 71.5 Å². The Morgan fingerprint density at radius 3 is 2.71 bits per heavy atom. The zero-order valence-electron chi connectivity index (χ0n) is 12.4. The van der Waals surface area contributed by atoms with Crippen LogP contribution in [0.15, 0.2) is 54.7 Å². The van der Waals surface area contributed by atoms with Gasteiger partial charge in [0.1, 0.15) is 11.1 Å². The van der Waals surface area contributed by atoms with Crippen molar-refractivity contribution < 1.29 is 19.3 Å². The number of carbonyl (C=O) groups is 2. The molecule has 0 saturated carbocycles. The summed E-state index contributed by atoms with van der Waals surface area (Å²) in [5, 5.41) is 10.9. The van der Waals surface area contributed by atoms with Crippen molar-refractivity contribution in [1.29, 1.82) is 0 Å². The number of nitrogens with zero attached hydrogens (tertiary/aromatic N) is 1. The Bertz CT molecular complexity index is 1200. The summed E-state index contributed by atoms with van der Waals surface area (Å²) in [4.78, 5) is 27.3. The second-order valence-electron chi connectivity index (χ2n) is 5.86. The van der Waals surface area contributed by atoms with Gasteiger partial charge in [0.2, 0.25) is 5.69 Å². The van der Waals surface area contributed by atoms with Gasteiger partial charge in [-0.3, -0.25) is 4.79 Å². The summed E-state index contributed by atoms with van der Waals surface area (Å²) in [7, 11) is 0. The first-order valence-electron chi connectivity index (χ1n) is 7.52. The molecule has 0 radical (unpaired) electrons. The molecule has 5 heteroatoms. The molecule has 0 saturated heterocycles. The number of aromatic nitrogens is 2. The lowest BCUT2D eigenvalue weighted by atomic mass is 10.1. The molecule has 0 fully saturated rings. The number of pyridine rings is 1. The van der Waals surface area contributed by atoms with E-state index in [9.17, 15) is 14.7 Å². The predicted molar refractivity (Wildman–Crippen MR) is 87.7 cm³/mol. The average Bonchev–Trinajstić information content (AvgIpc) is 3.10. The van der Waals surface area contributed by atoms with Gasteiger partial charge in [-0.2, -0.15) is 4.57 Å². The molecule has 0 spiro atoms. The van der Waals surface area contributed by atoms with Crippen LogP contribution in [-0.4, -0.2) is 21.8 Å². The van der Waals surface area contributed by atoms with Gasteiger partial charge >= 0.3 is 5.97 Å². The summed E-state index contributed by atoms with van der Waals surface area (Å²) in [6, 6.07) is 14.3. The molecule has 114 valence electrons. The number of nitrogens with one attached hydrogen (secondary N) is 1. The first-order valence-corrected chi connectivity index (χ1v) is 7.52. The number of aromatic amines is 1. The van der Waals surface area contributed by atoms with Gasteiger partial charge in [0, 0.05) is 28.4 Å². The normalized spacial score (nSPS) is 12.6. The van der Waals surface area contributed by atoms with Gasteiger partial charge in [0.05, 0.1) is 5.56 Å². The summed E-state index contributed by atoms with van der Waals surface area (Å²) < 4.78 is 1.88. The van der Waals surface area contributed by atoms with Crippen molar-refractivity contribution in [2.75, 3.05) is 0 Å². The fraction of sp³-hybridized carbons (Fsp3) is 0. The van der Waals surface area contributed by atoms with Crippen LogP contribution in [0.5, 0.6) is 0 Å². The van der Waals surface area contributed by atoms with Crippen LogP contribution in [0.4, 0.5) is 0 Å². The van der Waals surface area contributed by atoms with Crippen LogP contribution in [0.2, 0.25) is 0 Å². The molecule has 1 aliphatic rings. The summed E-state index contributed by atoms with van der Waals surface area (Å²) in [6.45, 7) is 0. The maximum atomic E-state index is 12.8. The molecule has 0 atom stereocenters. The molecular weight excluding hydrogens is 304 g/mol. The average molecular weight is 315 g/mol. The number of H-pyrrole nitrogens is 1. The Kier molecular flexibility index (Phi) is 2.33. The summed E-state index contributed by atoms with van der Waals surface area (Å²) in [6.07, 6.45) is 1.86. The number of fused-ring (bicyclic) bond motifs is 7. The van der Waals surface area contributed by atoms with E-state index in [1.807, 2.05) is 41.1 Å². The highest BCUT2D eigenvalue weighted by Crippen LogP contribution is 2.31. The van der Waals surface area contributed by atoms with Crippen LogP contribution < -0.4 is 4.57 Å². The number of ketones is 1. The van der Waals surface area contributed by atoms with E-state index in [0.717, 1.165) is 27.5 Å². The third-order valence-electron chi connectivity index (χ3n) is 4.58. The molecule has 0 bridgehead atoms. The highest BCUT2D eigenvalue weighted by molar-refractivity contribution is 6.20. The lowest BCUT2D eigenvalue weighted by molar-refractivity contribution is -0.592. The van der Waals surface area contributed by atoms with E-state index in [2.05, 4.69) is 4.98 Å². The zero-order chi connectivity index (χ0) is 16.4. The second-order valence-corrected chi connectivity index (χ2v) is 5.86. The first-order chi connectivity index (χ1) is 11.6. The molecule has 2 N–H and O–H groups in total. The van der Waals surface area contributed by atoms with Crippen LogP contribution in [0, 0.1) is 0 Å². The molecule has 4 aromatic rings. The number of carboxylic acids is 1. The standard InChI is InChI=1S/C19H10N2O3/c22-18-12-3-1-2-4-15(12)21-8-7-11-13-9-10(19(23)24)5-6-14(13)20-16(11)17(18)21/h1-9H,(H,23,24)/p+1. The van der Waals surface area contributed by atoms with E-state index in [1.54, 1.807) is 18.2 Å². The van der Waals surface area contributed by atoms with Crippen molar-refractivity contribution in [3.8, 4) is 5.69 Å². The molecule has 0 aliphatic carbocycles. The highest BCUT2D eigenvalue weighted by atomic mass is 16.4. The van der Waals surface area contributed by atoms with Crippen molar-refractivity contribution in [2.45, 2.75) is 0 Å². The van der Waals surface area contributed by atoms with E-state index in [0.29, 0.717) is 11.3 Å². The molecule has 2 aromatic heterocycles. The minimum absolute atomic E-state index is 0.0267. The first kappa shape index (κ1) is 13.0. The number of benzene rings is 2. The Hall–Kier alpha value is -3.47. The van der Waals surface area contributed by atoms with Crippen molar-refractivity contribution in [1.82, 2.24) is 4.98 Å². The van der Waals surface area contributed by atoms with E-state index >= 15 is 0 Å². The molecule has 1 aliphatic heterocycles. The van der Waals surface area contributed by atoms with Crippen LogP contribution in [0.25, 0.3) is 27.5 Å². The van der Waals surface area contributed by atoms with Crippen molar-refractivity contribution in [3.63, 3.8) is 0 Å². The Morgan fingerprint density at radius 1 is 1.04 bits per heavy atom.